The van der Waals surface area contributed by atoms with Crippen LogP contribution in [0.5, 0.6) is 17.2 Å². The van der Waals surface area contributed by atoms with Gasteiger partial charge in [0.05, 0.1) is 18.8 Å². The number of hydrogen-bond acceptors (Lipinski definition) is 3. The average Bonchev–Trinajstić information content (AvgIpc) is 2.87. The van der Waals surface area contributed by atoms with Crippen molar-refractivity contribution in [2.45, 2.75) is 0 Å². The third-order valence-corrected chi connectivity index (χ3v) is 2.71. The highest BCUT2D eigenvalue weighted by Crippen LogP contribution is 2.26. The van der Waals surface area contributed by atoms with E-state index < -0.39 is 0 Å². The summed E-state index contributed by atoms with van der Waals surface area (Å²) in [5.41, 5.74) is 0.997. The number of nitrogens with one attached hydrogen (secondary N) is 1. The van der Waals surface area contributed by atoms with Crippen molar-refractivity contribution in [1.82, 2.24) is 10.2 Å². The lowest BCUT2D eigenvalue weighted by atomic mass is 10.2. The largest absolute Gasteiger partial charge is 0.497 e. The summed E-state index contributed by atoms with van der Waals surface area (Å²) in [7, 11) is 1.64. The second kappa shape index (κ2) is 4.41. The molecule has 18 heavy (non-hydrogen) atoms. The molecule has 0 fully saturated rings. The maximum atomic E-state index is 5.76. The van der Waals surface area contributed by atoms with Gasteiger partial charge in [0, 0.05) is 5.39 Å². The highest BCUT2D eigenvalue weighted by Gasteiger charge is 2.01. The van der Waals surface area contributed by atoms with Crippen LogP contribution in [-0.4, -0.2) is 17.3 Å². The Bertz CT molecular complexity index is 659. The van der Waals surface area contributed by atoms with Gasteiger partial charge < -0.3 is 9.47 Å². The number of nitrogens with zero attached hydrogens (tertiary/aromatic N) is 1. The number of hydrogen-bond donors (Lipinski definition) is 1. The number of aromatic nitrogens is 2. The Morgan fingerprint density at radius 2 is 1.67 bits per heavy atom. The molecule has 1 heterocycles. The van der Waals surface area contributed by atoms with E-state index in [0.29, 0.717) is 0 Å². The molecule has 0 aliphatic heterocycles. The zero-order valence-electron chi connectivity index (χ0n) is 9.88. The monoisotopic (exact) mass is 240 g/mol. The Hall–Kier alpha value is -2.49. The van der Waals surface area contributed by atoms with E-state index in [4.69, 9.17) is 9.47 Å². The van der Waals surface area contributed by atoms with E-state index in [1.54, 1.807) is 13.3 Å². The first-order valence-electron chi connectivity index (χ1n) is 5.60. The van der Waals surface area contributed by atoms with Crippen molar-refractivity contribution < 1.29 is 9.47 Å². The number of methoxy groups -OCH3 is 1. The fraction of sp³-hybridized carbons (Fsp3) is 0.0714. The standard InChI is InChI=1S/C14H12N2O2/c1-17-11-2-4-12(5-3-11)18-13-6-7-14-10(8-13)9-15-16-14/h2-9H,1H3,(H,15,16). The summed E-state index contributed by atoms with van der Waals surface area (Å²) >= 11 is 0. The first kappa shape index (κ1) is 10.7. The van der Waals surface area contributed by atoms with Crippen LogP contribution in [0, 0.1) is 0 Å². The molecule has 0 aliphatic rings. The molecular formula is C14H12N2O2. The second-order valence-corrected chi connectivity index (χ2v) is 3.90. The van der Waals surface area contributed by atoms with Gasteiger partial charge in [-0.3, -0.25) is 5.10 Å². The molecule has 1 aromatic heterocycles. The predicted octanol–water partition coefficient (Wildman–Crippen LogP) is 3.36. The molecule has 0 saturated carbocycles. The molecular weight excluding hydrogens is 228 g/mol. The summed E-state index contributed by atoms with van der Waals surface area (Å²) in [6, 6.07) is 13.3. The minimum Gasteiger partial charge on any atom is -0.497 e. The summed E-state index contributed by atoms with van der Waals surface area (Å²) in [6.45, 7) is 0. The highest BCUT2D eigenvalue weighted by atomic mass is 16.5. The maximum absolute atomic E-state index is 5.76. The summed E-state index contributed by atoms with van der Waals surface area (Å²) < 4.78 is 10.9. The van der Waals surface area contributed by atoms with E-state index >= 15 is 0 Å². The average molecular weight is 240 g/mol. The molecule has 4 heteroatoms. The van der Waals surface area contributed by atoms with E-state index in [-0.39, 0.29) is 0 Å². The molecule has 1 N–H and O–H groups in total. The first-order chi connectivity index (χ1) is 8.85. The van der Waals surface area contributed by atoms with E-state index in [1.807, 2.05) is 42.5 Å². The number of H-pyrrole nitrogens is 1. The fourth-order valence-electron chi connectivity index (χ4n) is 1.76. The quantitative estimate of drug-likeness (QED) is 0.763. The van der Waals surface area contributed by atoms with Crippen molar-refractivity contribution in [3.63, 3.8) is 0 Å². The van der Waals surface area contributed by atoms with Crippen LogP contribution in [0.3, 0.4) is 0 Å². The molecule has 0 saturated heterocycles. The van der Waals surface area contributed by atoms with E-state index in [1.165, 1.54) is 0 Å². The van der Waals surface area contributed by atoms with Crippen LogP contribution in [0.2, 0.25) is 0 Å². The minimum atomic E-state index is 0.777. The van der Waals surface area contributed by atoms with Crippen LogP contribution in [0.25, 0.3) is 10.9 Å². The third kappa shape index (κ3) is 2.00. The highest BCUT2D eigenvalue weighted by molar-refractivity contribution is 5.79. The van der Waals surface area contributed by atoms with Crippen LogP contribution in [0.4, 0.5) is 0 Å². The lowest BCUT2D eigenvalue weighted by molar-refractivity contribution is 0.413. The number of benzene rings is 2. The molecule has 0 atom stereocenters. The van der Waals surface area contributed by atoms with Crippen LogP contribution < -0.4 is 9.47 Å². The van der Waals surface area contributed by atoms with Crippen molar-refractivity contribution in [3.05, 3.63) is 48.7 Å². The Balaban J connectivity index is 1.85. The van der Waals surface area contributed by atoms with Crippen LogP contribution in [-0.2, 0) is 0 Å². The zero-order chi connectivity index (χ0) is 12.4. The normalized spacial score (nSPS) is 10.5. The Labute approximate surface area is 104 Å². The lowest BCUT2D eigenvalue weighted by Gasteiger charge is -2.06. The van der Waals surface area contributed by atoms with Gasteiger partial charge >= 0.3 is 0 Å². The maximum Gasteiger partial charge on any atom is 0.128 e. The fourth-order valence-corrected chi connectivity index (χ4v) is 1.76. The molecule has 0 bridgehead atoms. The van der Waals surface area contributed by atoms with Gasteiger partial charge in [0.2, 0.25) is 0 Å². The number of ether oxygens (including phenoxy) is 2. The predicted molar refractivity (Wildman–Crippen MR) is 69.2 cm³/mol. The van der Waals surface area contributed by atoms with Crippen molar-refractivity contribution in [2.24, 2.45) is 0 Å². The number of rotatable bonds is 3. The van der Waals surface area contributed by atoms with Gasteiger partial charge in [0.25, 0.3) is 0 Å². The van der Waals surface area contributed by atoms with Crippen LogP contribution in [0.1, 0.15) is 0 Å². The van der Waals surface area contributed by atoms with Gasteiger partial charge in [-0.1, -0.05) is 0 Å². The van der Waals surface area contributed by atoms with Crippen molar-refractivity contribution >= 4 is 10.9 Å². The minimum absolute atomic E-state index is 0.777. The van der Waals surface area contributed by atoms with Crippen molar-refractivity contribution in [3.8, 4) is 17.2 Å². The topological polar surface area (TPSA) is 47.1 Å². The van der Waals surface area contributed by atoms with E-state index in [9.17, 15) is 0 Å². The summed E-state index contributed by atoms with van der Waals surface area (Å²) in [5, 5.41) is 7.91. The van der Waals surface area contributed by atoms with Crippen LogP contribution in [0.15, 0.2) is 48.7 Å². The summed E-state index contributed by atoms with van der Waals surface area (Å²) in [6.07, 6.45) is 1.77. The van der Waals surface area contributed by atoms with E-state index in [0.717, 1.165) is 28.2 Å². The molecule has 0 aliphatic carbocycles. The van der Waals surface area contributed by atoms with Gasteiger partial charge in [0.1, 0.15) is 17.2 Å². The molecule has 2 aromatic carbocycles. The Kier molecular flexibility index (Phi) is 2.61. The van der Waals surface area contributed by atoms with Crippen molar-refractivity contribution in [1.29, 1.82) is 0 Å². The third-order valence-electron chi connectivity index (χ3n) is 2.71. The summed E-state index contributed by atoms with van der Waals surface area (Å²) in [4.78, 5) is 0. The van der Waals surface area contributed by atoms with Crippen molar-refractivity contribution in [2.75, 3.05) is 7.11 Å². The molecule has 0 amide bonds. The zero-order valence-corrected chi connectivity index (χ0v) is 9.88. The molecule has 3 aromatic rings. The first-order valence-corrected chi connectivity index (χ1v) is 5.60. The Morgan fingerprint density at radius 1 is 0.944 bits per heavy atom. The number of aromatic amines is 1. The molecule has 0 unspecified atom stereocenters. The van der Waals surface area contributed by atoms with Gasteiger partial charge in [-0.15, -0.1) is 0 Å². The second-order valence-electron chi connectivity index (χ2n) is 3.90. The Morgan fingerprint density at radius 3 is 2.44 bits per heavy atom. The van der Waals surface area contributed by atoms with Gasteiger partial charge in [-0.25, -0.2) is 0 Å². The van der Waals surface area contributed by atoms with Gasteiger partial charge in [-0.2, -0.15) is 5.10 Å². The smallest absolute Gasteiger partial charge is 0.128 e. The molecule has 4 nitrogen and oxygen atoms in total. The van der Waals surface area contributed by atoms with Gasteiger partial charge in [-0.05, 0) is 42.5 Å². The molecule has 3 rings (SSSR count). The molecule has 0 spiro atoms. The molecule has 0 radical (unpaired) electrons. The number of fused-ring (bicyclic) bond motifs is 1. The SMILES string of the molecule is COc1ccc(Oc2ccc3[nH]ncc3c2)cc1. The van der Waals surface area contributed by atoms with E-state index in [2.05, 4.69) is 10.2 Å². The summed E-state index contributed by atoms with van der Waals surface area (Å²) in [5.74, 6) is 2.38. The van der Waals surface area contributed by atoms with Gasteiger partial charge in [0.15, 0.2) is 0 Å². The lowest BCUT2D eigenvalue weighted by Crippen LogP contribution is -1.85. The molecule has 90 valence electrons. The van der Waals surface area contributed by atoms with Crippen LogP contribution >= 0.6 is 0 Å².